The van der Waals surface area contributed by atoms with Crippen LogP contribution in [0.3, 0.4) is 0 Å². The predicted octanol–water partition coefficient (Wildman–Crippen LogP) is 1.05. The molecule has 0 bridgehead atoms. The Morgan fingerprint density at radius 2 is 1.82 bits per heavy atom. The molecule has 1 aromatic rings. The molecular formula is C6H7BrO3Se. The van der Waals surface area contributed by atoms with Crippen LogP contribution in [0.15, 0.2) is 30.3 Å². The molecule has 1 unspecified atom stereocenters. The Morgan fingerprint density at radius 1 is 1.27 bits per heavy atom. The zero-order valence-electron chi connectivity index (χ0n) is 5.47. The molecule has 0 aliphatic carbocycles. The first-order valence-corrected chi connectivity index (χ1v) is 4.80. The van der Waals surface area contributed by atoms with E-state index in [9.17, 15) is 3.83 Å². The predicted molar refractivity (Wildman–Crippen MR) is 46.1 cm³/mol. The summed E-state index contributed by atoms with van der Waals surface area (Å²) in [6.45, 7) is 0. The van der Waals surface area contributed by atoms with Crippen LogP contribution in [-0.2, 0) is 3.83 Å². The van der Waals surface area contributed by atoms with E-state index in [4.69, 9.17) is 4.19 Å². The summed E-state index contributed by atoms with van der Waals surface area (Å²) in [5.41, 5.74) is 0. The minimum atomic E-state index is -3.03. The molecule has 0 amide bonds. The molecule has 5 heteroatoms. The molecule has 0 aliphatic heterocycles. The van der Waals surface area contributed by atoms with Gasteiger partial charge in [0.05, 0.1) is 0 Å². The number of hydrogen-bond acceptors (Lipinski definition) is 2. The van der Waals surface area contributed by atoms with E-state index in [2.05, 4.69) is 3.82 Å². The van der Waals surface area contributed by atoms with Gasteiger partial charge in [-0.3, -0.25) is 0 Å². The molecule has 1 atom stereocenters. The summed E-state index contributed by atoms with van der Waals surface area (Å²) in [5.74, 6) is 0.435. The van der Waals surface area contributed by atoms with Gasteiger partial charge < -0.3 is 0 Å². The van der Waals surface area contributed by atoms with Crippen molar-refractivity contribution in [3.05, 3.63) is 30.3 Å². The van der Waals surface area contributed by atoms with Gasteiger partial charge in [-0.15, -0.1) is 17.0 Å². The molecule has 1 rings (SSSR count). The molecule has 0 spiro atoms. The van der Waals surface area contributed by atoms with Gasteiger partial charge in [-0.2, -0.15) is 0 Å². The molecule has 0 radical (unpaired) electrons. The normalized spacial score (nSPS) is 11.4. The number of hydrogen-bond donors (Lipinski definition) is 1. The van der Waals surface area contributed by atoms with E-state index in [0.717, 1.165) is 0 Å². The van der Waals surface area contributed by atoms with E-state index in [-0.39, 0.29) is 17.0 Å². The molecule has 3 nitrogen and oxygen atoms in total. The van der Waals surface area contributed by atoms with Crippen molar-refractivity contribution >= 4 is 31.5 Å². The Hall–Kier alpha value is -0.221. The fraction of sp³-hybridized carbons (Fsp3) is 0. The van der Waals surface area contributed by atoms with Crippen LogP contribution in [-0.4, -0.2) is 18.7 Å². The van der Waals surface area contributed by atoms with Crippen LogP contribution < -0.4 is 3.82 Å². The van der Waals surface area contributed by atoms with Crippen LogP contribution in [0.4, 0.5) is 0 Å². The molecular weight excluding hydrogens is 279 g/mol. The summed E-state index contributed by atoms with van der Waals surface area (Å²) in [4.78, 5) is 0. The van der Waals surface area contributed by atoms with Crippen molar-refractivity contribution in [3.8, 4) is 5.75 Å². The topological polar surface area (TPSA) is 46.5 Å². The third-order valence-electron chi connectivity index (χ3n) is 0.911. The summed E-state index contributed by atoms with van der Waals surface area (Å²) < 4.78 is 23.0. The Morgan fingerprint density at radius 3 is 2.27 bits per heavy atom. The molecule has 0 heterocycles. The van der Waals surface area contributed by atoms with Crippen LogP contribution >= 0.6 is 17.0 Å². The SMILES string of the molecule is Br.O=[Se](O)Oc1ccccc1. The third kappa shape index (κ3) is 4.27. The average Bonchev–Trinajstić information content (AvgIpc) is 1.88. The monoisotopic (exact) mass is 286 g/mol. The van der Waals surface area contributed by atoms with E-state index >= 15 is 0 Å². The first-order valence-electron chi connectivity index (χ1n) is 2.63. The van der Waals surface area contributed by atoms with Crippen LogP contribution in [0.1, 0.15) is 0 Å². The number of benzene rings is 1. The zero-order valence-corrected chi connectivity index (χ0v) is 8.89. The summed E-state index contributed by atoms with van der Waals surface area (Å²) in [6.07, 6.45) is 0. The molecule has 0 saturated carbocycles. The second-order valence-corrected chi connectivity index (χ2v) is 2.87. The van der Waals surface area contributed by atoms with E-state index in [1.54, 1.807) is 24.3 Å². The van der Waals surface area contributed by atoms with Crippen molar-refractivity contribution in [2.75, 3.05) is 0 Å². The molecule has 0 fully saturated rings. The van der Waals surface area contributed by atoms with Crippen LogP contribution in [0.5, 0.6) is 5.75 Å². The molecule has 1 N–H and O–H groups in total. The van der Waals surface area contributed by atoms with E-state index in [1.807, 2.05) is 6.07 Å². The van der Waals surface area contributed by atoms with Gasteiger partial charge in [0, 0.05) is 0 Å². The molecule has 62 valence electrons. The third-order valence-corrected chi connectivity index (χ3v) is 1.61. The molecule has 11 heavy (non-hydrogen) atoms. The first-order chi connectivity index (χ1) is 4.79. The number of rotatable bonds is 2. The summed E-state index contributed by atoms with van der Waals surface area (Å²) in [7, 11) is 0. The number of halogens is 1. The molecule has 1 aromatic carbocycles. The first kappa shape index (κ1) is 10.8. The van der Waals surface area contributed by atoms with Gasteiger partial charge in [0.2, 0.25) is 0 Å². The number of para-hydroxylation sites is 1. The van der Waals surface area contributed by atoms with Crippen molar-refractivity contribution in [3.63, 3.8) is 0 Å². The van der Waals surface area contributed by atoms with Gasteiger partial charge in [0.25, 0.3) is 0 Å². The van der Waals surface area contributed by atoms with Crippen molar-refractivity contribution in [2.24, 2.45) is 0 Å². The average molecular weight is 286 g/mol. The van der Waals surface area contributed by atoms with Crippen molar-refractivity contribution < 1.29 is 11.8 Å². The summed E-state index contributed by atoms with van der Waals surface area (Å²) in [6, 6.07) is 8.55. The zero-order chi connectivity index (χ0) is 7.40. The second kappa shape index (κ2) is 5.43. The van der Waals surface area contributed by atoms with Crippen LogP contribution in [0.2, 0.25) is 0 Å². The van der Waals surface area contributed by atoms with E-state index in [1.165, 1.54) is 0 Å². The standard InChI is InChI=1S/C6H6O3Se.BrH/c7-10(8)9-6-4-2-1-3-5-6;/h1-5H,(H,7,8);1H. The van der Waals surface area contributed by atoms with Crippen molar-refractivity contribution in [2.45, 2.75) is 0 Å². The second-order valence-electron chi connectivity index (χ2n) is 1.61. The Balaban J connectivity index is 0.000001000. The minimum absolute atomic E-state index is 0. The Kier molecular flexibility index (Phi) is 5.32. The summed E-state index contributed by atoms with van der Waals surface area (Å²) >= 11 is -3.03. The van der Waals surface area contributed by atoms with Crippen LogP contribution in [0.25, 0.3) is 0 Å². The Bertz CT molecular complexity index is 227. The fourth-order valence-corrected chi connectivity index (χ4v) is 1.14. The van der Waals surface area contributed by atoms with Gasteiger partial charge in [-0.25, -0.2) is 0 Å². The van der Waals surface area contributed by atoms with Gasteiger partial charge in [0.15, 0.2) is 0 Å². The fourth-order valence-electron chi connectivity index (χ4n) is 0.558. The summed E-state index contributed by atoms with van der Waals surface area (Å²) in [5, 5.41) is 0. The Labute approximate surface area is 79.5 Å². The van der Waals surface area contributed by atoms with Gasteiger partial charge in [-0.1, -0.05) is 0 Å². The van der Waals surface area contributed by atoms with Crippen molar-refractivity contribution in [1.29, 1.82) is 0 Å². The molecule has 0 aliphatic rings. The van der Waals surface area contributed by atoms with Gasteiger partial charge in [0.1, 0.15) is 0 Å². The quantitative estimate of drug-likeness (QED) is 0.827. The maximum atomic E-state index is 10.2. The van der Waals surface area contributed by atoms with Crippen LogP contribution in [0, 0.1) is 0 Å². The molecule has 0 saturated heterocycles. The van der Waals surface area contributed by atoms with E-state index < -0.39 is 14.5 Å². The van der Waals surface area contributed by atoms with Crippen molar-refractivity contribution in [1.82, 2.24) is 0 Å². The van der Waals surface area contributed by atoms with E-state index in [0.29, 0.717) is 5.75 Å². The maximum absolute atomic E-state index is 10.2. The van der Waals surface area contributed by atoms with Gasteiger partial charge >= 0.3 is 62.4 Å². The van der Waals surface area contributed by atoms with Gasteiger partial charge in [-0.05, 0) is 0 Å². The molecule has 0 aromatic heterocycles.